The van der Waals surface area contributed by atoms with Gasteiger partial charge >= 0.3 is 0 Å². The molecule has 0 bridgehead atoms. The van der Waals surface area contributed by atoms with Crippen molar-refractivity contribution in [3.63, 3.8) is 0 Å². The van der Waals surface area contributed by atoms with E-state index in [-0.39, 0.29) is 0 Å². The molecule has 5 N–H and O–H groups in total. The first-order valence-corrected chi connectivity index (χ1v) is 4.76. The third-order valence-electron chi connectivity index (χ3n) is 2.36. The van der Waals surface area contributed by atoms with Gasteiger partial charge in [-0.2, -0.15) is 0 Å². The van der Waals surface area contributed by atoms with E-state index in [0.717, 1.165) is 0 Å². The van der Waals surface area contributed by atoms with Crippen LogP contribution in [-0.4, -0.2) is 64.2 Å². The molecule has 1 saturated heterocycles. The van der Waals surface area contributed by atoms with Crippen molar-refractivity contribution < 1.29 is 25.2 Å². The van der Waals surface area contributed by atoms with Crippen LogP contribution in [-0.2, 0) is 4.74 Å². The van der Waals surface area contributed by atoms with Crippen LogP contribution in [0.1, 0.15) is 0 Å². The molecule has 0 radical (unpaired) electrons. The molecule has 0 aromatic heterocycles. The number of nitrogens with one attached hydrogen (secondary N) is 1. The predicted octanol–water partition coefficient (Wildman–Crippen LogP) is -2.44. The van der Waals surface area contributed by atoms with Crippen molar-refractivity contribution in [1.82, 2.24) is 5.32 Å². The second kappa shape index (κ2) is 5.55. The zero-order valence-corrected chi connectivity index (χ0v) is 8.28. The van der Waals surface area contributed by atoms with Crippen LogP contribution in [0.3, 0.4) is 0 Å². The molecule has 0 unspecified atom stereocenters. The Morgan fingerprint density at radius 2 is 1.87 bits per heavy atom. The van der Waals surface area contributed by atoms with Gasteiger partial charge in [0.1, 0.15) is 30.6 Å². The van der Waals surface area contributed by atoms with Gasteiger partial charge in [0.2, 0.25) is 0 Å². The fraction of sp³-hybridized carbons (Fsp3) is 0.778. The number of rotatable bonds is 4. The van der Waals surface area contributed by atoms with E-state index in [1.165, 1.54) is 0 Å². The molecule has 5 atom stereocenters. The molecule has 1 aliphatic heterocycles. The molecule has 15 heavy (non-hydrogen) atoms. The summed E-state index contributed by atoms with van der Waals surface area (Å²) >= 11 is 0. The van der Waals surface area contributed by atoms with Crippen LogP contribution >= 0.6 is 0 Å². The number of aliphatic hydroxyl groups is 4. The van der Waals surface area contributed by atoms with Gasteiger partial charge < -0.3 is 25.2 Å². The fourth-order valence-electron chi connectivity index (χ4n) is 1.47. The summed E-state index contributed by atoms with van der Waals surface area (Å²) in [5.74, 6) is 0. The standard InChI is InChI=1S/C9H17NO5/c1-2-3-10-9-8(14)7(13)6(12)5(4-11)15-9/h2,5-14H,1,3-4H2/t5-,6-,7+,8+,9+/m1/s1. The van der Waals surface area contributed by atoms with Crippen molar-refractivity contribution in [3.05, 3.63) is 12.7 Å². The monoisotopic (exact) mass is 219 g/mol. The largest absolute Gasteiger partial charge is 0.394 e. The lowest BCUT2D eigenvalue weighted by atomic mass is 9.98. The Labute approximate surface area is 87.8 Å². The topological polar surface area (TPSA) is 102 Å². The van der Waals surface area contributed by atoms with Gasteiger partial charge in [0.25, 0.3) is 0 Å². The van der Waals surface area contributed by atoms with E-state index in [4.69, 9.17) is 9.84 Å². The molecule has 0 aliphatic carbocycles. The molecule has 1 heterocycles. The smallest absolute Gasteiger partial charge is 0.137 e. The van der Waals surface area contributed by atoms with Gasteiger partial charge in [-0.15, -0.1) is 6.58 Å². The first-order valence-electron chi connectivity index (χ1n) is 4.76. The van der Waals surface area contributed by atoms with E-state index in [1.807, 2.05) is 0 Å². The van der Waals surface area contributed by atoms with Crippen LogP contribution in [0.4, 0.5) is 0 Å². The molecular formula is C9H17NO5. The lowest BCUT2D eigenvalue weighted by Crippen LogP contribution is -2.62. The summed E-state index contributed by atoms with van der Waals surface area (Å²) in [6.07, 6.45) is -4.00. The lowest BCUT2D eigenvalue weighted by molar-refractivity contribution is -0.235. The zero-order valence-electron chi connectivity index (χ0n) is 8.28. The Bertz CT molecular complexity index is 211. The molecule has 1 fully saturated rings. The number of aliphatic hydroxyl groups excluding tert-OH is 4. The van der Waals surface area contributed by atoms with E-state index >= 15 is 0 Å². The molecule has 0 amide bonds. The molecule has 88 valence electrons. The SMILES string of the molecule is C=CCN[C@H]1O[C@H](CO)[C@@H](O)[C@H](O)[C@@H]1O. The molecular weight excluding hydrogens is 202 g/mol. The van der Waals surface area contributed by atoms with E-state index < -0.39 is 37.3 Å². The highest BCUT2D eigenvalue weighted by Gasteiger charge is 2.42. The second-order valence-corrected chi connectivity index (χ2v) is 3.45. The lowest BCUT2D eigenvalue weighted by Gasteiger charge is -2.40. The van der Waals surface area contributed by atoms with Crippen LogP contribution in [0.5, 0.6) is 0 Å². The van der Waals surface area contributed by atoms with Gasteiger partial charge in [0.05, 0.1) is 6.61 Å². The summed E-state index contributed by atoms with van der Waals surface area (Å²) in [5, 5.41) is 40.0. The maximum Gasteiger partial charge on any atom is 0.137 e. The fourth-order valence-corrected chi connectivity index (χ4v) is 1.47. The average molecular weight is 219 g/mol. The maximum absolute atomic E-state index is 9.53. The van der Waals surface area contributed by atoms with E-state index in [9.17, 15) is 15.3 Å². The van der Waals surface area contributed by atoms with Crippen molar-refractivity contribution in [3.8, 4) is 0 Å². The van der Waals surface area contributed by atoms with Gasteiger partial charge in [-0.1, -0.05) is 6.08 Å². The third kappa shape index (κ3) is 2.75. The maximum atomic E-state index is 9.53. The molecule has 6 nitrogen and oxygen atoms in total. The first-order chi connectivity index (χ1) is 7.11. The van der Waals surface area contributed by atoms with Crippen LogP contribution in [0.2, 0.25) is 0 Å². The van der Waals surface area contributed by atoms with Gasteiger partial charge in [-0.25, -0.2) is 0 Å². The van der Waals surface area contributed by atoms with Crippen LogP contribution < -0.4 is 5.32 Å². The van der Waals surface area contributed by atoms with E-state index in [1.54, 1.807) is 6.08 Å². The summed E-state index contributed by atoms with van der Waals surface area (Å²) < 4.78 is 5.16. The highest BCUT2D eigenvalue weighted by Crippen LogP contribution is 2.19. The van der Waals surface area contributed by atoms with Crippen molar-refractivity contribution in [2.45, 2.75) is 30.6 Å². The highest BCUT2D eigenvalue weighted by atomic mass is 16.6. The van der Waals surface area contributed by atoms with Crippen molar-refractivity contribution in [2.24, 2.45) is 0 Å². The molecule has 0 aromatic carbocycles. The van der Waals surface area contributed by atoms with Crippen LogP contribution in [0.15, 0.2) is 12.7 Å². The summed E-state index contributed by atoms with van der Waals surface area (Å²) in [4.78, 5) is 0. The molecule has 1 aliphatic rings. The van der Waals surface area contributed by atoms with Gasteiger partial charge in [0, 0.05) is 6.54 Å². The minimum absolute atomic E-state index is 0.392. The molecule has 1 rings (SSSR count). The van der Waals surface area contributed by atoms with Crippen molar-refractivity contribution >= 4 is 0 Å². The Balaban J connectivity index is 2.60. The van der Waals surface area contributed by atoms with E-state index in [2.05, 4.69) is 11.9 Å². The Morgan fingerprint density at radius 1 is 1.20 bits per heavy atom. The summed E-state index contributed by atoms with van der Waals surface area (Å²) in [5.41, 5.74) is 0. The number of ether oxygens (including phenoxy) is 1. The average Bonchev–Trinajstić information content (AvgIpc) is 2.25. The Hall–Kier alpha value is -0.500. The van der Waals surface area contributed by atoms with Gasteiger partial charge in [-0.05, 0) is 0 Å². The minimum atomic E-state index is -1.33. The van der Waals surface area contributed by atoms with Crippen LogP contribution in [0.25, 0.3) is 0 Å². The number of hydrogen-bond acceptors (Lipinski definition) is 6. The normalized spacial score (nSPS) is 41.5. The third-order valence-corrected chi connectivity index (χ3v) is 2.36. The molecule has 6 heteroatoms. The summed E-state index contributed by atoms with van der Waals surface area (Å²) in [7, 11) is 0. The highest BCUT2D eigenvalue weighted by molar-refractivity contribution is 4.91. The zero-order chi connectivity index (χ0) is 11.4. The van der Waals surface area contributed by atoms with Crippen molar-refractivity contribution in [2.75, 3.05) is 13.2 Å². The Morgan fingerprint density at radius 3 is 2.40 bits per heavy atom. The molecule has 0 saturated carbocycles. The minimum Gasteiger partial charge on any atom is -0.394 e. The second-order valence-electron chi connectivity index (χ2n) is 3.45. The first kappa shape index (κ1) is 12.6. The van der Waals surface area contributed by atoms with Gasteiger partial charge in [-0.3, -0.25) is 5.32 Å². The predicted molar refractivity (Wildman–Crippen MR) is 52.0 cm³/mol. The summed E-state index contributed by atoms with van der Waals surface area (Å²) in [6, 6.07) is 0. The molecule has 0 aromatic rings. The van der Waals surface area contributed by atoms with Crippen molar-refractivity contribution in [1.29, 1.82) is 0 Å². The Kier molecular flexibility index (Phi) is 4.65. The van der Waals surface area contributed by atoms with Gasteiger partial charge in [0.15, 0.2) is 0 Å². The summed E-state index contributed by atoms with van der Waals surface area (Å²) in [6.45, 7) is 3.45. The van der Waals surface area contributed by atoms with Crippen LogP contribution in [0, 0.1) is 0 Å². The quantitative estimate of drug-likeness (QED) is 0.337. The number of hydrogen-bond donors (Lipinski definition) is 5. The molecule has 0 spiro atoms. The van der Waals surface area contributed by atoms with E-state index in [0.29, 0.717) is 6.54 Å².